The van der Waals surface area contributed by atoms with Crippen LogP contribution in [0.1, 0.15) is 22.3 Å². The first-order valence-corrected chi connectivity index (χ1v) is 7.14. The quantitative estimate of drug-likeness (QED) is 0.389. The zero-order valence-corrected chi connectivity index (χ0v) is 13.9. The minimum atomic E-state index is -6.23. The molecule has 0 amide bonds. The average molecular weight is 406 g/mol. The first-order valence-electron chi connectivity index (χ1n) is 6.00. The normalized spacial score (nSPS) is 14.3. The lowest BCUT2D eigenvalue weighted by molar-refractivity contribution is -0.348. The average Bonchev–Trinajstić information content (AvgIpc) is 2.26. The van der Waals surface area contributed by atoms with Crippen molar-refractivity contribution in [2.75, 3.05) is 0 Å². The summed E-state index contributed by atoms with van der Waals surface area (Å²) in [5.74, 6) is 0. The SMILES string of the molecule is Cc1cc(C)c(CC(Cl)(Cl)Cl)c(C(F)(C(F)(F)F)C(F)(F)F)c1. The van der Waals surface area contributed by atoms with Crippen molar-refractivity contribution in [3.05, 3.63) is 34.4 Å². The van der Waals surface area contributed by atoms with Gasteiger partial charge in [-0.3, -0.25) is 0 Å². The van der Waals surface area contributed by atoms with Gasteiger partial charge in [-0.1, -0.05) is 52.5 Å². The van der Waals surface area contributed by atoms with E-state index in [0.717, 1.165) is 0 Å². The number of rotatable bonds is 2. The molecule has 0 unspecified atom stereocenters. The molecule has 0 spiro atoms. The van der Waals surface area contributed by atoms with Crippen molar-refractivity contribution in [2.45, 2.75) is 42.1 Å². The van der Waals surface area contributed by atoms with E-state index in [1.54, 1.807) is 0 Å². The maximum absolute atomic E-state index is 14.4. The van der Waals surface area contributed by atoms with Gasteiger partial charge in [0, 0.05) is 12.0 Å². The molecule has 1 aromatic rings. The van der Waals surface area contributed by atoms with E-state index in [1.165, 1.54) is 19.9 Å². The molecule has 0 aliphatic rings. The summed E-state index contributed by atoms with van der Waals surface area (Å²) in [6.07, 6.45) is -13.3. The molecule has 1 rings (SSSR count). The minimum Gasteiger partial charge on any atom is -0.218 e. The van der Waals surface area contributed by atoms with E-state index in [1.807, 2.05) is 0 Å². The molecule has 0 N–H and O–H groups in total. The van der Waals surface area contributed by atoms with E-state index in [4.69, 9.17) is 34.8 Å². The fourth-order valence-corrected chi connectivity index (χ4v) is 2.61. The Morgan fingerprint density at radius 3 is 1.61 bits per heavy atom. The Hall–Kier alpha value is -0.400. The molecular weight excluding hydrogens is 395 g/mol. The summed E-state index contributed by atoms with van der Waals surface area (Å²) in [4.78, 5) is 0. The van der Waals surface area contributed by atoms with Crippen LogP contribution < -0.4 is 0 Å². The molecule has 1 aromatic carbocycles. The van der Waals surface area contributed by atoms with Crippen molar-refractivity contribution in [3.63, 3.8) is 0 Å². The first kappa shape index (κ1) is 20.6. The van der Waals surface area contributed by atoms with Gasteiger partial charge in [0.1, 0.15) is 0 Å². The van der Waals surface area contributed by atoms with Crippen LogP contribution in [0.2, 0.25) is 0 Å². The molecule has 0 radical (unpaired) electrons. The molecule has 0 aromatic heterocycles. The lowest BCUT2D eigenvalue weighted by Gasteiger charge is -2.33. The molecular formula is C13H10Cl3F7. The molecule has 23 heavy (non-hydrogen) atoms. The van der Waals surface area contributed by atoms with Crippen LogP contribution in [0.25, 0.3) is 0 Å². The van der Waals surface area contributed by atoms with E-state index in [2.05, 4.69) is 0 Å². The highest BCUT2D eigenvalue weighted by Crippen LogP contribution is 2.55. The third-order valence-corrected chi connectivity index (χ3v) is 3.55. The Bertz CT molecular complexity index is 571. The summed E-state index contributed by atoms with van der Waals surface area (Å²) >= 11 is 16.4. The number of aryl methyl sites for hydroxylation is 2. The van der Waals surface area contributed by atoms with E-state index >= 15 is 0 Å². The summed E-state index contributed by atoms with van der Waals surface area (Å²) in [6, 6.07) is 1.75. The summed E-state index contributed by atoms with van der Waals surface area (Å²) in [5, 5.41) is 0. The molecule has 0 saturated carbocycles. The van der Waals surface area contributed by atoms with Crippen molar-refractivity contribution in [1.82, 2.24) is 0 Å². The van der Waals surface area contributed by atoms with E-state index in [-0.39, 0.29) is 11.1 Å². The van der Waals surface area contributed by atoms with E-state index in [9.17, 15) is 30.7 Å². The summed E-state index contributed by atoms with van der Waals surface area (Å²) in [5.41, 5.74) is -7.85. The third-order valence-electron chi connectivity index (χ3n) is 3.15. The van der Waals surface area contributed by atoms with Gasteiger partial charge in [0.25, 0.3) is 0 Å². The molecule has 0 aliphatic carbocycles. The molecule has 0 nitrogen and oxygen atoms in total. The second-order valence-electron chi connectivity index (χ2n) is 5.05. The second kappa shape index (κ2) is 6.15. The highest BCUT2D eigenvalue weighted by molar-refractivity contribution is 6.67. The monoisotopic (exact) mass is 404 g/mol. The van der Waals surface area contributed by atoms with Crippen LogP contribution in [0, 0.1) is 13.8 Å². The number of benzene rings is 1. The first-order chi connectivity index (χ1) is 10.0. The zero-order chi connectivity index (χ0) is 18.4. The van der Waals surface area contributed by atoms with Crippen LogP contribution in [0.5, 0.6) is 0 Å². The molecule has 0 atom stereocenters. The standard InChI is InChI=1S/C13H10Cl3F7/c1-6-3-7(2)8(5-10(14,15)16)9(4-6)11(17,12(18,19)20)13(21,22)23/h3-4H,5H2,1-2H3. The second-order valence-corrected chi connectivity index (χ2v) is 7.57. The Labute approximate surface area is 142 Å². The van der Waals surface area contributed by atoms with Gasteiger partial charge < -0.3 is 0 Å². The number of halogens is 10. The van der Waals surface area contributed by atoms with Gasteiger partial charge >= 0.3 is 18.0 Å². The number of alkyl halides is 10. The van der Waals surface area contributed by atoms with Gasteiger partial charge in [0.05, 0.1) is 0 Å². The lowest BCUT2D eigenvalue weighted by Crippen LogP contribution is -2.51. The van der Waals surface area contributed by atoms with Crippen LogP contribution in [-0.4, -0.2) is 16.1 Å². The van der Waals surface area contributed by atoms with Crippen LogP contribution >= 0.6 is 34.8 Å². The Balaban J connectivity index is 3.80. The molecule has 0 aliphatic heterocycles. The highest BCUT2D eigenvalue weighted by Gasteiger charge is 2.74. The number of hydrogen-bond acceptors (Lipinski definition) is 0. The fourth-order valence-electron chi connectivity index (χ4n) is 2.21. The van der Waals surface area contributed by atoms with Crippen molar-refractivity contribution < 1.29 is 30.7 Å². The molecule has 10 heteroatoms. The van der Waals surface area contributed by atoms with Gasteiger partial charge in [-0.15, -0.1) is 0 Å². The molecule has 132 valence electrons. The Morgan fingerprint density at radius 2 is 1.26 bits per heavy atom. The molecule has 0 saturated heterocycles. The van der Waals surface area contributed by atoms with Gasteiger partial charge in [0.15, 0.2) is 3.79 Å². The van der Waals surface area contributed by atoms with Crippen LogP contribution in [0.3, 0.4) is 0 Å². The van der Waals surface area contributed by atoms with Gasteiger partial charge in [0.2, 0.25) is 0 Å². The fraction of sp³-hybridized carbons (Fsp3) is 0.538. The zero-order valence-electron chi connectivity index (χ0n) is 11.6. The summed E-state index contributed by atoms with van der Waals surface area (Å²) < 4.78 is 90.0. The van der Waals surface area contributed by atoms with Crippen LogP contribution in [0.15, 0.2) is 12.1 Å². The van der Waals surface area contributed by atoms with Crippen molar-refractivity contribution in [2.24, 2.45) is 0 Å². The largest absolute Gasteiger partial charge is 0.435 e. The number of hydrogen-bond donors (Lipinski definition) is 0. The molecule has 0 heterocycles. The highest BCUT2D eigenvalue weighted by atomic mass is 35.6. The van der Waals surface area contributed by atoms with Gasteiger partial charge in [-0.2, -0.15) is 26.3 Å². The smallest absolute Gasteiger partial charge is 0.218 e. The maximum atomic E-state index is 14.4. The summed E-state index contributed by atoms with van der Waals surface area (Å²) in [7, 11) is 0. The predicted octanol–water partition coefficient (Wildman–Crippen LogP) is 6.51. The minimum absolute atomic E-state index is 0.0149. The maximum Gasteiger partial charge on any atom is 0.435 e. The van der Waals surface area contributed by atoms with Crippen molar-refractivity contribution in [1.29, 1.82) is 0 Å². The van der Waals surface area contributed by atoms with Crippen molar-refractivity contribution in [3.8, 4) is 0 Å². The Morgan fingerprint density at radius 1 is 0.826 bits per heavy atom. The third kappa shape index (κ3) is 4.17. The molecule has 0 bridgehead atoms. The van der Waals surface area contributed by atoms with Crippen LogP contribution in [0.4, 0.5) is 30.7 Å². The Kier molecular flexibility index (Phi) is 5.52. The van der Waals surface area contributed by atoms with Crippen molar-refractivity contribution >= 4 is 34.8 Å². The van der Waals surface area contributed by atoms with Crippen LogP contribution in [-0.2, 0) is 12.1 Å². The summed E-state index contributed by atoms with van der Waals surface area (Å²) in [6.45, 7) is 2.46. The van der Waals surface area contributed by atoms with Gasteiger partial charge in [-0.25, -0.2) is 4.39 Å². The van der Waals surface area contributed by atoms with E-state index < -0.39 is 39.4 Å². The van der Waals surface area contributed by atoms with E-state index in [0.29, 0.717) is 6.07 Å². The lowest BCUT2D eigenvalue weighted by atomic mass is 9.85. The predicted molar refractivity (Wildman–Crippen MR) is 74.8 cm³/mol. The van der Waals surface area contributed by atoms with Gasteiger partial charge in [-0.05, 0) is 25.0 Å². The molecule has 0 fully saturated rings. The topological polar surface area (TPSA) is 0 Å².